The summed E-state index contributed by atoms with van der Waals surface area (Å²) in [6.45, 7) is 3.38. The van der Waals surface area contributed by atoms with Crippen LogP contribution in [0.5, 0.6) is 5.75 Å². The molecule has 3 heteroatoms. The fourth-order valence-corrected chi connectivity index (χ4v) is 2.57. The van der Waals surface area contributed by atoms with Gasteiger partial charge in [0.25, 0.3) is 0 Å². The molecule has 1 aliphatic heterocycles. The van der Waals surface area contributed by atoms with Crippen molar-refractivity contribution in [2.24, 2.45) is 5.92 Å². The fraction of sp³-hybridized carbons (Fsp3) is 0.500. The molecular formula is C12H16BrNO. The van der Waals surface area contributed by atoms with Crippen LogP contribution in [-0.2, 0) is 6.54 Å². The first-order valence-electron chi connectivity index (χ1n) is 5.34. The second-order valence-corrected chi connectivity index (χ2v) is 4.86. The van der Waals surface area contributed by atoms with Crippen molar-refractivity contribution in [2.45, 2.75) is 13.0 Å². The van der Waals surface area contributed by atoms with Crippen molar-refractivity contribution in [3.63, 3.8) is 0 Å². The Morgan fingerprint density at radius 3 is 2.67 bits per heavy atom. The maximum Gasteiger partial charge on any atom is 0.115 e. The van der Waals surface area contributed by atoms with E-state index in [1.807, 2.05) is 12.1 Å². The van der Waals surface area contributed by atoms with Crippen LogP contribution in [0.25, 0.3) is 0 Å². The highest BCUT2D eigenvalue weighted by Crippen LogP contribution is 2.20. The van der Waals surface area contributed by atoms with Crippen molar-refractivity contribution in [3.8, 4) is 5.75 Å². The monoisotopic (exact) mass is 269 g/mol. The van der Waals surface area contributed by atoms with Gasteiger partial charge in [-0.2, -0.15) is 0 Å². The molecule has 0 saturated carbocycles. The number of rotatable bonds is 3. The van der Waals surface area contributed by atoms with E-state index in [-0.39, 0.29) is 0 Å². The van der Waals surface area contributed by atoms with Crippen molar-refractivity contribution < 1.29 is 5.11 Å². The molecule has 0 bridgehead atoms. The maximum atomic E-state index is 9.18. The van der Waals surface area contributed by atoms with Gasteiger partial charge in [0, 0.05) is 18.4 Å². The molecule has 1 heterocycles. The van der Waals surface area contributed by atoms with Crippen molar-refractivity contribution >= 4 is 15.9 Å². The van der Waals surface area contributed by atoms with E-state index in [9.17, 15) is 5.11 Å². The molecule has 0 spiro atoms. The normalized spacial score (nSPS) is 22.1. The van der Waals surface area contributed by atoms with Crippen LogP contribution < -0.4 is 0 Å². The largest absolute Gasteiger partial charge is 0.508 e. The Bertz CT molecular complexity index is 312. The van der Waals surface area contributed by atoms with E-state index < -0.39 is 0 Å². The molecule has 1 atom stereocenters. The minimum absolute atomic E-state index is 0.346. The number of aromatic hydroxyl groups is 1. The molecule has 2 rings (SSSR count). The summed E-state index contributed by atoms with van der Waals surface area (Å²) in [6, 6.07) is 7.51. The second-order valence-electron chi connectivity index (χ2n) is 4.21. The molecular weight excluding hydrogens is 254 g/mol. The molecule has 0 amide bonds. The van der Waals surface area contributed by atoms with Crippen LogP contribution in [0.2, 0.25) is 0 Å². The zero-order valence-corrected chi connectivity index (χ0v) is 10.3. The fourth-order valence-electron chi connectivity index (χ4n) is 2.04. The summed E-state index contributed by atoms with van der Waals surface area (Å²) in [5.74, 6) is 1.15. The van der Waals surface area contributed by atoms with Crippen LogP contribution in [0, 0.1) is 5.92 Å². The molecule has 1 fully saturated rings. The molecule has 0 aliphatic carbocycles. The highest BCUT2D eigenvalue weighted by atomic mass is 79.9. The van der Waals surface area contributed by atoms with Gasteiger partial charge in [0.05, 0.1) is 0 Å². The summed E-state index contributed by atoms with van der Waals surface area (Å²) in [4.78, 5) is 2.47. The number of alkyl halides is 1. The van der Waals surface area contributed by atoms with E-state index in [1.54, 1.807) is 12.1 Å². The van der Waals surface area contributed by atoms with Crippen molar-refractivity contribution in [1.29, 1.82) is 0 Å². The molecule has 15 heavy (non-hydrogen) atoms. The summed E-state index contributed by atoms with van der Waals surface area (Å²) < 4.78 is 0. The van der Waals surface area contributed by atoms with Crippen LogP contribution in [0.1, 0.15) is 12.0 Å². The molecule has 0 aromatic heterocycles. The standard InChI is InChI=1S/C12H16BrNO/c13-7-11-5-6-14(9-11)8-10-1-3-12(15)4-2-10/h1-4,11,15H,5-9H2. The summed E-state index contributed by atoms with van der Waals surface area (Å²) in [5.41, 5.74) is 1.28. The molecule has 1 aromatic carbocycles. The smallest absolute Gasteiger partial charge is 0.115 e. The zero-order chi connectivity index (χ0) is 10.7. The molecule has 0 radical (unpaired) electrons. The number of likely N-dealkylation sites (tertiary alicyclic amines) is 1. The van der Waals surface area contributed by atoms with Crippen LogP contribution in [-0.4, -0.2) is 28.4 Å². The lowest BCUT2D eigenvalue weighted by Gasteiger charge is -2.15. The van der Waals surface area contributed by atoms with Gasteiger partial charge >= 0.3 is 0 Å². The Morgan fingerprint density at radius 1 is 1.33 bits per heavy atom. The summed E-state index contributed by atoms with van der Waals surface area (Å²) >= 11 is 3.54. The molecule has 1 N–H and O–H groups in total. The molecule has 82 valence electrons. The second kappa shape index (κ2) is 4.99. The summed E-state index contributed by atoms with van der Waals surface area (Å²) in [7, 11) is 0. The highest BCUT2D eigenvalue weighted by molar-refractivity contribution is 9.09. The summed E-state index contributed by atoms with van der Waals surface area (Å²) in [5, 5.41) is 10.3. The number of nitrogens with zero attached hydrogens (tertiary/aromatic N) is 1. The third kappa shape index (κ3) is 2.95. The number of hydrogen-bond acceptors (Lipinski definition) is 2. The van der Waals surface area contributed by atoms with Crippen molar-refractivity contribution in [2.75, 3.05) is 18.4 Å². The first-order chi connectivity index (χ1) is 7.28. The Morgan fingerprint density at radius 2 is 2.07 bits per heavy atom. The van der Waals surface area contributed by atoms with Gasteiger partial charge < -0.3 is 5.11 Å². The topological polar surface area (TPSA) is 23.5 Å². The highest BCUT2D eigenvalue weighted by Gasteiger charge is 2.20. The van der Waals surface area contributed by atoms with Gasteiger partial charge in [-0.1, -0.05) is 28.1 Å². The number of halogens is 1. The minimum atomic E-state index is 0.346. The van der Waals surface area contributed by atoms with Gasteiger partial charge in [-0.15, -0.1) is 0 Å². The lowest BCUT2D eigenvalue weighted by atomic mass is 10.2. The van der Waals surface area contributed by atoms with E-state index in [1.165, 1.54) is 25.1 Å². The molecule has 1 aliphatic rings. The third-order valence-electron chi connectivity index (χ3n) is 2.93. The Hall–Kier alpha value is -0.540. The zero-order valence-electron chi connectivity index (χ0n) is 8.69. The first kappa shape index (κ1) is 11.0. The van der Waals surface area contributed by atoms with Crippen LogP contribution in [0.4, 0.5) is 0 Å². The van der Waals surface area contributed by atoms with Crippen molar-refractivity contribution in [3.05, 3.63) is 29.8 Å². The van der Waals surface area contributed by atoms with E-state index in [0.717, 1.165) is 17.8 Å². The van der Waals surface area contributed by atoms with E-state index in [4.69, 9.17) is 0 Å². The van der Waals surface area contributed by atoms with Crippen LogP contribution in [0.3, 0.4) is 0 Å². The molecule has 2 nitrogen and oxygen atoms in total. The number of phenolic OH excluding ortho intramolecular Hbond substituents is 1. The van der Waals surface area contributed by atoms with Gasteiger partial charge in [0.1, 0.15) is 5.75 Å². The van der Waals surface area contributed by atoms with Gasteiger partial charge in [-0.3, -0.25) is 4.90 Å². The predicted molar refractivity (Wildman–Crippen MR) is 65.3 cm³/mol. The Balaban J connectivity index is 1.90. The molecule has 1 saturated heterocycles. The van der Waals surface area contributed by atoms with Crippen LogP contribution in [0.15, 0.2) is 24.3 Å². The number of phenols is 1. The first-order valence-corrected chi connectivity index (χ1v) is 6.46. The van der Waals surface area contributed by atoms with E-state index in [2.05, 4.69) is 20.8 Å². The summed E-state index contributed by atoms with van der Waals surface area (Å²) in [6.07, 6.45) is 1.29. The SMILES string of the molecule is Oc1ccc(CN2CCC(CBr)C2)cc1. The quantitative estimate of drug-likeness (QED) is 0.853. The lowest BCUT2D eigenvalue weighted by molar-refractivity contribution is 0.321. The van der Waals surface area contributed by atoms with Crippen LogP contribution >= 0.6 is 15.9 Å². The average molecular weight is 270 g/mol. The maximum absolute atomic E-state index is 9.18. The van der Waals surface area contributed by atoms with Gasteiger partial charge in [0.15, 0.2) is 0 Å². The lowest BCUT2D eigenvalue weighted by Crippen LogP contribution is -2.20. The third-order valence-corrected chi connectivity index (χ3v) is 3.85. The van der Waals surface area contributed by atoms with Gasteiger partial charge in [-0.25, -0.2) is 0 Å². The van der Waals surface area contributed by atoms with Gasteiger partial charge in [0.2, 0.25) is 0 Å². The average Bonchev–Trinajstić information content (AvgIpc) is 2.69. The molecule has 1 aromatic rings. The Kier molecular flexibility index (Phi) is 3.65. The van der Waals surface area contributed by atoms with Crippen molar-refractivity contribution in [1.82, 2.24) is 4.90 Å². The Labute approximate surface area is 99.0 Å². The number of benzene rings is 1. The number of hydrogen-bond donors (Lipinski definition) is 1. The van der Waals surface area contributed by atoms with E-state index in [0.29, 0.717) is 5.75 Å². The van der Waals surface area contributed by atoms with Gasteiger partial charge in [-0.05, 0) is 36.6 Å². The molecule has 1 unspecified atom stereocenters. The predicted octanol–water partition coefficient (Wildman–Crippen LogP) is 2.61. The van der Waals surface area contributed by atoms with E-state index >= 15 is 0 Å². The minimum Gasteiger partial charge on any atom is -0.508 e.